The molecule has 88 valence electrons. The van der Waals surface area contributed by atoms with Crippen molar-refractivity contribution in [1.29, 1.82) is 0 Å². The summed E-state index contributed by atoms with van der Waals surface area (Å²) in [7, 11) is 0. The molecule has 1 fully saturated rings. The van der Waals surface area contributed by atoms with Gasteiger partial charge in [-0.25, -0.2) is 0 Å². The van der Waals surface area contributed by atoms with Crippen molar-refractivity contribution in [2.75, 3.05) is 13.1 Å². The van der Waals surface area contributed by atoms with Crippen molar-refractivity contribution in [3.8, 4) is 0 Å². The van der Waals surface area contributed by atoms with Crippen molar-refractivity contribution in [2.45, 2.75) is 32.6 Å². The molecule has 0 radical (unpaired) electrons. The standard InChI is InChI=1S/C10H17NO3.ClH/c1-8(12)11-6-4-9(5-7-11)2-3-10(13)14;/h9H,2-7H2,1H3,(H,13,14);1H. The first-order valence-electron chi connectivity index (χ1n) is 5.07. The van der Waals surface area contributed by atoms with Crippen LogP contribution in [-0.2, 0) is 9.59 Å². The lowest BCUT2D eigenvalue weighted by Gasteiger charge is -2.30. The Morgan fingerprint density at radius 1 is 1.33 bits per heavy atom. The Morgan fingerprint density at radius 3 is 2.27 bits per heavy atom. The number of hydrogen-bond donors (Lipinski definition) is 1. The maximum Gasteiger partial charge on any atom is 0.303 e. The largest absolute Gasteiger partial charge is 0.481 e. The van der Waals surface area contributed by atoms with Crippen molar-refractivity contribution in [2.24, 2.45) is 5.92 Å². The van der Waals surface area contributed by atoms with Gasteiger partial charge in [0.15, 0.2) is 0 Å². The summed E-state index contributed by atoms with van der Waals surface area (Å²) in [6.07, 6.45) is 2.91. The lowest BCUT2D eigenvalue weighted by Crippen LogP contribution is -2.37. The fourth-order valence-electron chi connectivity index (χ4n) is 1.86. The van der Waals surface area contributed by atoms with E-state index in [4.69, 9.17) is 5.11 Å². The van der Waals surface area contributed by atoms with E-state index in [1.807, 2.05) is 4.90 Å². The second kappa shape index (κ2) is 6.67. The molecule has 15 heavy (non-hydrogen) atoms. The Morgan fingerprint density at radius 2 is 1.87 bits per heavy atom. The van der Waals surface area contributed by atoms with Gasteiger partial charge in [-0.1, -0.05) is 0 Å². The van der Waals surface area contributed by atoms with Gasteiger partial charge < -0.3 is 10.0 Å². The number of hydrogen-bond acceptors (Lipinski definition) is 2. The summed E-state index contributed by atoms with van der Waals surface area (Å²) in [5, 5.41) is 8.52. The molecule has 1 saturated heterocycles. The second-order valence-electron chi connectivity index (χ2n) is 3.88. The van der Waals surface area contributed by atoms with Gasteiger partial charge in [0.25, 0.3) is 0 Å². The third kappa shape index (κ3) is 5.02. The predicted molar refractivity (Wildman–Crippen MR) is 59.1 cm³/mol. The first kappa shape index (κ1) is 14.2. The van der Waals surface area contributed by atoms with Crippen molar-refractivity contribution >= 4 is 24.3 Å². The number of likely N-dealkylation sites (tertiary alicyclic amines) is 1. The van der Waals surface area contributed by atoms with Crippen LogP contribution in [0.4, 0.5) is 0 Å². The number of nitrogens with zero attached hydrogens (tertiary/aromatic N) is 1. The number of carbonyl (C=O) groups excluding carboxylic acids is 1. The van der Waals surface area contributed by atoms with Gasteiger partial charge in [0, 0.05) is 26.4 Å². The summed E-state index contributed by atoms with van der Waals surface area (Å²) in [4.78, 5) is 23.2. The van der Waals surface area contributed by atoms with Crippen LogP contribution in [0.3, 0.4) is 0 Å². The quantitative estimate of drug-likeness (QED) is 0.807. The molecule has 1 amide bonds. The zero-order chi connectivity index (χ0) is 10.6. The van der Waals surface area contributed by atoms with Gasteiger partial charge in [-0.05, 0) is 25.2 Å². The van der Waals surface area contributed by atoms with Gasteiger partial charge in [0.2, 0.25) is 5.91 Å². The van der Waals surface area contributed by atoms with Crippen LogP contribution in [0.1, 0.15) is 32.6 Å². The molecule has 0 unspecified atom stereocenters. The highest BCUT2D eigenvalue weighted by atomic mass is 35.5. The molecule has 0 atom stereocenters. The van der Waals surface area contributed by atoms with Crippen molar-refractivity contribution in [1.82, 2.24) is 4.90 Å². The van der Waals surface area contributed by atoms with Gasteiger partial charge in [-0.2, -0.15) is 0 Å². The maximum atomic E-state index is 11.0. The molecule has 0 aromatic carbocycles. The summed E-state index contributed by atoms with van der Waals surface area (Å²) in [6.45, 7) is 3.16. The molecule has 1 aliphatic rings. The van der Waals surface area contributed by atoms with Crippen LogP contribution in [0.5, 0.6) is 0 Å². The molecule has 0 spiro atoms. The highest BCUT2D eigenvalue weighted by Crippen LogP contribution is 2.21. The number of carboxylic acid groups (broad SMARTS) is 1. The van der Waals surface area contributed by atoms with Gasteiger partial charge in [0.05, 0.1) is 0 Å². The number of aliphatic carboxylic acids is 1. The van der Waals surface area contributed by atoms with Crippen LogP contribution >= 0.6 is 12.4 Å². The summed E-state index contributed by atoms with van der Waals surface area (Å²) < 4.78 is 0. The number of amides is 1. The normalized spacial score (nSPS) is 17.0. The van der Waals surface area contributed by atoms with Crippen LogP contribution in [0.2, 0.25) is 0 Å². The molecule has 5 heteroatoms. The van der Waals surface area contributed by atoms with Gasteiger partial charge in [-0.15, -0.1) is 12.4 Å². The fraction of sp³-hybridized carbons (Fsp3) is 0.800. The molecule has 0 saturated carbocycles. The summed E-state index contributed by atoms with van der Waals surface area (Å²) in [6, 6.07) is 0. The smallest absolute Gasteiger partial charge is 0.303 e. The third-order valence-electron chi connectivity index (χ3n) is 2.83. The number of halogens is 1. The van der Waals surface area contributed by atoms with Crippen molar-refractivity contribution < 1.29 is 14.7 Å². The first-order chi connectivity index (χ1) is 6.59. The molecular formula is C10H18ClNO3. The molecule has 0 aromatic rings. The number of carbonyl (C=O) groups is 2. The van der Waals surface area contributed by atoms with E-state index in [0.29, 0.717) is 5.92 Å². The Balaban J connectivity index is 0.00000196. The van der Waals surface area contributed by atoms with E-state index in [2.05, 4.69) is 0 Å². The third-order valence-corrected chi connectivity index (χ3v) is 2.83. The Kier molecular flexibility index (Phi) is 6.32. The zero-order valence-electron chi connectivity index (χ0n) is 8.94. The molecule has 1 N–H and O–H groups in total. The van der Waals surface area contributed by atoms with Crippen LogP contribution in [0.25, 0.3) is 0 Å². The molecule has 0 aliphatic carbocycles. The topological polar surface area (TPSA) is 57.6 Å². The molecule has 4 nitrogen and oxygen atoms in total. The van der Waals surface area contributed by atoms with E-state index in [1.54, 1.807) is 6.92 Å². The highest BCUT2D eigenvalue weighted by molar-refractivity contribution is 5.85. The SMILES string of the molecule is CC(=O)N1CCC(CCC(=O)O)CC1.Cl. The molecular weight excluding hydrogens is 218 g/mol. The Hall–Kier alpha value is -0.770. The van der Waals surface area contributed by atoms with Crippen molar-refractivity contribution in [3.05, 3.63) is 0 Å². The highest BCUT2D eigenvalue weighted by Gasteiger charge is 2.20. The van der Waals surface area contributed by atoms with Crippen LogP contribution in [0.15, 0.2) is 0 Å². The van der Waals surface area contributed by atoms with Crippen LogP contribution < -0.4 is 0 Å². The number of carboxylic acids is 1. The van der Waals surface area contributed by atoms with Crippen molar-refractivity contribution in [3.63, 3.8) is 0 Å². The van der Waals surface area contributed by atoms with E-state index >= 15 is 0 Å². The average molecular weight is 236 g/mol. The van der Waals surface area contributed by atoms with Gasteiger partial charge >= 0.3 is 5.97 Å². The van der Waals surface area contributed by atoms with E-state index in [0.717, 1.165) is 32.4 Å². The lowest BCUT2D eigenvalue weighted by atomic mass is 9.92. The molecule has 1 rings (SSSR count). The number of rotatable bonds is 3. The van der Waals surface area contributed by atoms with E-state index in [1.165, 1.54) is 0 Å². The van der Waals surface area contributed by atoms with Crippen LogP contribution in [-0.4, -0.2) is 35.0 Å². The molecule has 0 bridgehead atoms. The van der Waals surface area contributed by atoms with Gasteiger partial charge in [-0.3, -0.25) is 9.59 Å². The van der Waals surface area contributed by atoms with Crippen LogP contribution in [0, 0.1) is 5.92 Å². The Bertz CT molecular complexity index is 225. The second-order valence-corrected chi connectivity index (χ2v) is 3.88. The summed E-state index contributed by atoms with van der Waals surface area (Å²) in [5.74, 6) is -0.109. The minimum absolute atomic E-state index is 0. The van der Waals surface area contributed by atoms with E-state index in [-0.39, 0.29) is 24.7 Å². The minimum Gasteiger partial charge on any atom is -0.481 e. The maximum absolute atomic E-state index is 11.0. The molecule has 1 aliphatic heterocycles. The predicted octanol–water partition coefficient (Wildman–Crippen LogP) is 1.53. The summed E-state index contributed by atoms with van der Waals surface area (Å²) in [5.41, 5.74) is 0. The lowest BCUT2D eigenvalue weighted by molar-refractivity contribution is -0.138. The van der Waals surface area contributed by atoms with E-state index in [9.17, 15) is 9.59 Å². The van der Waals surface area contributed by atoms with E-state index < -0.39 is 5.97 Å². The fourth-order valence-corrected chi connectivity index (χ4v) is 1.86. The molecule has 0 aromatic heterocycles. The molecule has 1 heterocycles. The minimum atomic E-state index is -0.723. The summed E-state index contributed by atoms with van der Waals surface area (Å²) >= 11 is 0. The monoisotopic (exact) mass is 235 g/mol. The first-order valence-corrected chi connectivity index (χ1v) is 5.07. The van der Waals surface area contributed by atoms with Gasteiger partial charge in [0.1, 0.15) is 0 Å². The zero-order valence-corrected chi connectivity index (χ0v) is 9.76. The average Bonchev–Trinajstić information content (AvgIpc) is 2.15. The number of piperidine rings is 1. The Labute approximate surface area is 96.0 Å².